The number of aromatic amines is 1. The number of hydrogen-bond acceptors (Lipinski definition) is 5. The Labute approximate surface area is 114 Å². The predicted octanol–water partition coefficient (Wildman–Crippen LogP) is 0.745. The number of nitrogens with zero attached hydrogens (tertiary/aromatic N) is 4. The second-order valence-corrected chi connectivity index (χ2v) is 5.34. The average Bonchev–Trinajstić information content (AvgIpc) is 2.94. The van der Waals surface area contributed by atoms with Crippen molar-refractivity contribution in [2.24, 2.45) is 0 Å². The van der Waals surface area contributed by atoms with E-state index in [0.29, 0.717) is 18.3 Å². The van der Waals surface area contributed by atoms with Crippen molar-refractivity contribution >= 4 is 17.7 Å². The van der Waals surface area contributed by atoms with Gasteiger partial charge in [-0.05, 0) is 18.9 Å². The number of rotatable bonds is 6. The number of carbonyl (C=O) groups excluding carboxylic acids is 1. The summed E-state index contributed by atoms with van der Waals surface area (Å²) in [4.78, 5) is 11.7. The summed E-state index contributed by atoms with van der Waals surface area (Å²) in [7, 11) is 0. The zero-order valence-electron chi connectivity index (χ0n) is 10.2. The van der Waals surface area contributed by atoms with Crippen LogP contribution < -0.4 is 5.32 Å². The van der Waals surface area contributed by atoms with Gasteiger partial charge in [0.1, 0.15) is 6.33 Å². The van der Waals surface area contributed by atoms with Crippen LogP contribution in [0.25, 0.3) is 0 Å². The summed E-state index contributed by atoms with van der Waals surface area (Å²) in [5.41, 5.74) is 0.888. The topological polar surface area (TPSA) is 88.5 Å². The molecule has 1 aliphatic carbocycles. The van der Waals surface area contributed by atoms with Crippen LogP contribution in [0.3, 0.4) is 0 Å². The van der Waals surface area contributed by atoms with Gasteiger partial charge in [-0.3, -0.25) is 9.89 Å². The maximum atomic E-state index is 11.7. The number of thioether (sulfide) groups is 1. The number of nitrogens with one attached hydrogen (secondary N) is 2. The molecule has 1 fully saturated rings. The van der Waals surface area contributed by atoms with Crippen LogP contribution in [0.15, 0.2) is 23.7 Å². The summed E-state index contributed by atoms with van der Waals surface area (Å²) in [6.45, 7) is 0.467. The van der Waals surface area contributed by atoms with E-state index in [2.05, 4.69) is 25.7 Å². The number of carbonyl (C=O) groups is 1. The van der Waals surface area contributed by atoms with Gasteiger partial charge in [-0.2, -0.15) is 5.10 Å². The summed E-state index contributed by atoms with van der Waals surface area (Å²) in [5, 5.41) is 18.2. The minimum atomic E-state index is -0.0232. The first-order chi connectivity index (χ1) is 9.33. The minimum absolute atomic E-state index is 0.0232. The number of H-pyrrole nitrogens is 1. The van der Waals surface area contributed by atoms with Crippen LogP contribution >= 0.6 is 11.8 Å². The standard InChI is InChI=1S/C11H14N6OS/c18-10(12-5-8-3-4-13-15-8)6-19-11-16-14-7-17(11)9-1-2-9/h3-4,7,9H,1-2,5-6H2,(H,12,18)(H,13,15). The van der Waals surface area contributed by atoms with Gasteiger partial charge in [0.05, 0.1) is 18.0 Å². The lowest BCUT2D eigenvalue weighted by atomic mass is 10.4. The van der Waals surface area contributed by atoms with Crippen LogP contribution in [0, 0.1) is 0 Å². The molecule has 1 saturated carbocycles. The molecule has 8 heteroatoms. The Morgan fingerprint density at radius 1 is 1.58 bits per heavy atom. The molecular formula is C11H14N6OS. The van der Waals surface area contributed by atoms with Gasteiger partial charge in [0.2, 0.25) is 5.91 Å². The first-order valence-electron chi connectivity index (χ1n) is 6.10. The molecule has 0 spiro atoms. The lowest BCUT2D eigenvalue weighted by Crippen LogP contribution is -2.24. The summed E-state index contributed by atoms with van der Waals surface area (Å²) in [6.07, 6.45) is 5.76. The van der Waals surface area contributed by atoms with E-state index in [1.165, 1.54) is 24.6 Å². The minimum Gasteiger partial charge on any atom is -0.350 e. The predicted molar refractivity (Wildman–Crippen MR) is 69.5 cm³/mol. The maximum absolute atomic E-state index is 11.7. The molecule has 0 unspecified atom stereocenters. The van der Waals surface area contributed by atoms with Crippen molar-refractivity contribution in [1.82, 2.24) is 30.3 Å². The fraction of sp³-hybridized carbons (Fsp3) is 0.455. The highest BCUT2D eigenvalue weighted by molar-refractivity contribution is 7.99. The number of hydrogen-bond donors (Lipinski definition) is 2. The number of aromatic nitrogens is 5. The fourth-order valence-electron chi connectivity index (χ4n) is 1.70. The van der Waals surface area contributed by atoms with E-state index in [0.717, 1.165) is 10.9 Å². The third kappa shape index (κ3) is 3.14. The quantitative estimate of drug-likeness (QED) is 0.761. The van der Waals surface area contributed by atoms with Crippen molar-refractivity contribution in [2.75, 3.05) is 5.75 Å². The van der Waals surface area contributed by atoms with E-state index in [1.807, 2.05) is 10.6 Å². The van der Waals surface area contributed by atoms with Crippen molar-refractivity contribution in [3.05, 3.63) is 24.3 Å². The lowest BCUT2D eigenvalue weighted by molar-refractivity contribution is -0.118. The molecule has 2 aromatic heterocycles. The molecule has 0 aliphatic heterocycles. The summed E-state index contributed by atoms with van der Waals surface area (Å²) >= 11 is 1.42. The van der Waals surface area contributed by atoms with Crippen LogP contribution in [0.1, 0.15) is 24.6 Å². The van der Waals surface area contributed by atoms with Gasteiger partial charge in [-0.25, -0.2) is 0 Å². The van der Waals surface area contributed by atoms with Gasteiger partial charge in [-0.15, -0.1) is 10.2 Å². The third-order valence-corrected chi connectivity index (χ3v) is 3.80. The number of amides is 1. The molecule has 7 nitrogen and oxygen atoms in total. The third-order valence-electron chi connectivity index (χ3n) is 2.85. The van der Waals surface area contributed by atoms with Crippen LogP contribution in [-0.4, -0.2) is 36.6 Å². The molecule has 1 aliphatic rings. The zero-order valence-corrected chi connectivity index (χ0v) is 11.1. The Morgan fingerprint density at radius 2 is 2.47 bits per heavy atom. The molecule has 100 valence electrons. The second kappa shape index (κ2) is 5.43. The Kier molecular flexibility index (Phi) is 3.49. The lowest BCUT2D eigenvalue weighted by Gasteiger charge is -2.05. The van der Waals surface area contributed by atoms with Crippen molar-refractivity contribution in [3.8, 4) is 0 Å². The van der Waals surface area contributed by atoms with E-state index in [4.69, 9.17) is 0 Å². The van der Waals surface area contributed by atoms with Gasteiger partial charge in [0.15, 0.2) is 5.16 Å². The molecule has 2 N–H and O–H groups in total. The Morgan fingerprint density at radius 3 is 3.21 bits per heavy atom. The van der Waals surface area contributed by atoms with Crippen LogP contribution in [-0.2, 0) is 11.3 Å². The summed E-state index contributed by atoms with van der Waals surface area (Å²) in [6, 6.07) is 2.36. The molecule has 2 heterocycles. The first-order valence-corrected chi connectivity index (χ1v) is 7.09. The van der Waals surface area contributed by atoms with Gasteiger partial charge in [-0.1, -0.05) is 11.8 Å². The van der Waals surface area contributed by atoms with Gasteiger partial charge in [0.25, 0.3) is 0 Å². The summed E-state index contributed by atoms with van der Waals surface area (Å²) < 4.78 is 2.05. The highest BCUT2D eigenvalue weighted by atomic mass is 32.2. The van der Waals surface area contributed by atoms with Crippen molar-refractivity contribution in [2.45, 2.75) is 30.6 Å². The molecule has 0 atom stereocenters. The van der Waals surface area contributed by atoms with Gasteiger partial charge >= 0.3 is 0 Å². The van der Waals surface area contributed by atoms with Crippen molar-refractivity contribution < 1.29 is 4.79 Å². The first kappa shape index (κ1) is 12.2. The molecule has 0 saturated heterocycles. The Hall–Kier alpha value is -1.83. The molecule has 0 radical (unpaired) electrons. The largest absolute Gasteiger partial charge is 0.350 e. The SMILES string of the molecule is O=C(CSc1nncn1C1CC1)NCc1ccn[nH]1. The molecule has 2 aromatic rings. The van der Waals surface area contributed by atoms with Crippen molar-refractivity contribution in [1.29, 1.82) is 0 Å². The average molecular weight is 278 g/mol. The molecule has 1 amide bonds. The van der Waals surface area contributed by atoms with Crippen LogP contribution in [0.4, 0.5) is 0 Å². The van der Waals surface area contributed by atoms with Gasteiger partial charge in [0, 0.05) is 12.2 Å². The Bertz CT molecular complexity index is 547. The molecule has 3 rings (SSSR count). The van der Waals surface area contributed by atoms with E-state index in [9.17, 15) is 4.79 Å². The van der Waals surface area contributed by atoms with Gasteiger partial charge < -0.3 is 9.88 Å². The maximum Gasteiger partial charge on any atom is 0.230 e. The van der Waals surface area contributed by atoms with E-state index in [1.54, 1.807) is 12.5 Å². The van der Waals surface area contributed by atoms with Crippen LogP contribution in [0.2, 0.25) is 0 Å². The summed E-state index contributed by atoms with van der Waals surface area (Å²) in [5.74, 6) is 0.324. The Balaban J connectivity index is 1.46. The van der Waals surface area contributed by atoms with Crippen LogP contribution in [0.5, 0.6) is 0 Å². The molecular weight excluding hydrogens is 264 g/mol. The molecule has 19 heavy (non-hydrogen) atoms. The zero-order chi connectivity index (χ0) is 13.1. The normalized spacial score (nSPS) is 14.5. The van der Waals surface area contributed by atoms with E-state index >= 15 is 0 Å². The molecule has 0 aromatic carbocycles. The highest BCUT2D eigenvalue weighted by Gasteiger charge is 2.26. The second-order valence-electron chi connectivity index (χ2n) is 4.40. The monoisotopic (exact) mass is 278 g/mol. The van der Waals surface area contributed by atoms with E-state index in [-0.39, 0.29) is 5.91 Å². The fourth-order valence-corrected chi connectivity index (χ4v) is 2.51. The molecule has 0 bridgehead atoms. The van der Waals surface area contributed by atoms with E-state index < -0.39 is 0 Å². The highest BCUT2D eigenvalue weighted by Crippen LogP contribution is 2.37. The smallest absolute Gasteiger partial charge is 0.230 e. The van der Waals surface area contributed by atoms with Crippen molar-refractivity contribution in [3.63, 3.8) is 0 Å².